The average Bonchev–Trinajstić information content (AvgIpc) is 2.60. The lowest BCUT2D eigenvalue weighted by molar-refractivity contribution is 0.0601. The van der Waals surface area contributed by atoms with E-state index in [-0.39, 0.29) is 4.90 Å². The number of carbonyl (C=O) groups is 1. The van der Waals surface area contributed by atoms with Crippen molar-refractivity contribution >= 4 is 21.7 Å². The first-order chi connectivity index (χ1) is 11.0. The fourth-order valence-corrected chi connectivity index (χ4v) is 3.77. The Balaban J connectivity index is 2.40. The summed E-state index contributed by atoms with van der Waals surface area (Å²) in [6.45, 7) is 2.27. The molecule has 122 valence electrons. The van der Waals surface area contributed by atoms with Crippen LogP contribution in [0.4, 0.5) is 5.69 Å². The van der Waals surface area contributed by atoms with Crippen LogP contribution < -0.4 is 4.31 Å². The SMILES string of the molecule is CCCN(c1ccc(C(=O)OC)cc1)S(=O)(=O)c1ccccc1. The summed E-state index contributed by atoms with van der Waals surface area (Å²) in [4.78, 5) is 11.7. The molecule has 0 aromatic heterocycles. The smallest absolute Gasteiger partial charge is 0.337 e. The van der Waals surface area contributed by atoms with Gasteiger partial charge in [-0.1, -0.05) is 25.1 Å². The first kappa shape index (κ1) is 17.0. The molecule has 5 nitrogen and oxygen atoms in total. The molecule has 0 fully saturated rings. The third-order valence-electron chi connectivity index (χ3n) is 3.33. The third kappa shape index (κ3) is 3.71. The van der Waals surface area contributed by atoms with Crippen molar-refractivity contribution in [2.45, 2.75) is 18.2 Å². The van der Waals surface area contributed by atoms with E-state index in [2.05, 4.69) is 4.74 Å². The second-order valence-corrected chi connectivity index (χ2v) is 6.79. The zero-order valence-electron chi connectivity index (χ0n) is 13.1. The van der Waals surface area contributed by atoms with Gasteiger partial charge in [-0.3, -0.25) is 4.31 Å². The number of sulfonamides is 1. The maximum absolute atomic E-state index is 12.8. The number of methoxy groups -OCH3 is 1. The number of benzene rings is 2. The van der Waals surface area contributed by atoms with Crippen LogP contribution in [0.1, 0.15) is 23.7 Å². The van der Waals surface area contributed by atoms with Crippen LogP contribution >= 0.6 is 0 Å². The van der Waals surface area contributed by atoms with Crippen LogP contribution in [-0.4, -0.2) is 28.0 Å². The fraction of sp³-hybridized carbons (Fsp3) is 0.235. The molecule has 0 N–H and O–H groups in total. The Hall–Kier alpha value is -2.34. The van der Waals surface area contributed by atoms with E-state index in [1.165, 1.54) is 11.4 Å². The number of rotatable bonds is 6. The minimum atomic E-state index is -3.64. The largest absolute Gasteiger partial charge is 0.465 e. The van der Waals surface area contributed by atoms with Crippen LogP contribution in [-0.2, 0) is 14.8 Å². The topological polar surface area (TPSA) is 63.7 Å². The predicted octanol–water partition coefficient (Wildman–Crippen LogP) is 3.08. The Bertz CT molecular complexity index is 755. The highest BCUT2D eigenvalue weighted by Crippen LogP contribution is 2.24. The summed E-state index contributed by atoms with van der Waals surface area (Å²) in [6, 6.07) is 14.6. The van der Waals surface area contributed by atoms with Crippen LogP contribution in [0.2, 0.25) is 0 Å². The molecule has 0 amide bonds. The molecule has 2 aromatic rings. The summed E-state index contributed by atoms with van der Waals surface area (Å²) in [6.07, 6.45) is 0.671. The van der Waals surface area contributed by atoms with E-state index < -0.39 is 16.0 Å². The van der Waals surface area contributed by atoms with E-state index in [1.54, 1.807) is 54.6 Å². The molecule has 0 bridgehead atoms. The van der Waals surface area contributed by atoms with Crippen LogP contribution in [0.5, 0.6) is 0 Å². The molecule has 0 atom stereocenters. The highest BCUT2D eigenvalue weighted by atomic mass is 32.2. The summed E-state index contributed by atoms with van der Waals surface area (Å²) in [5.41, 5.74) is 0.896. The fourth-order valence-electron chi connectivity index (χ4n) is 2.19. The molecule has 0 spiro atoms. The van der Waals surface area contributed by atoms with Crippen LogP contribution in [0.25, 0.3) is 0 Å². The Kier molecular flexibility index (Phi) is 5.39. The molecule has 0 saturated heterocycles. The second-order valence-electron chi connectivity index (χ2n) is 4.93. The quantitative estimate of drug-likeness (QED) is 0.762. The molecule has 0 unspecified atom stereocenters. The highest BCUT2D eigenvalue weighted by Gasteiger charge is 2.24. The van der Waals surface area contributed by atoms with Gasteiger partial charge in [0.15, 0.2) is 0 Å². The predicted molar refractivity (Wildman–Crippen MR) is 89.0 cm³/mol. The number of anilines is 1. The van der Waals surface area contributed by atoms with Crippen molar-refractivity contribution < 1.29 is 17.9 Å². The second kappa shape index (κ2) is 7.28. The van der Waals surface area contributed by atoms with Gasteiger partial charge in [0.25, 0.3) is 10.0 Å². The zero-order valence-corrected chi connectivity index (χ0v) is 13.9. The minimum Gasteiger partial charge on any atom is -0.465 e. The lowest BCUT2D eigenvalue weighted by atomic mass is 10.2. The maximum Gasteiger partial charge on any atom is 0.337 e. The van der Waals surface area contributed by atoms with Gasteiger partial charge in [0.2, 0.25) is 0 Å². The Morgan fingerprint density at radius 3 is 2.17 bits per heavy atom. The number of carbonyl (C=O) groups excluding carboxylic acids is 1. The number of esters is 1. The van der Waals surface area contributed by atoms with Gasteiger partial charge in [0.1, 0.15) is 0 Å². The zero-order chi connectivity index (χ0) is 16.9. The highest BCUT2D eigenvalue weighted by molar-refractivity contribution is 7.92. The van der Waals surface area contributed by atoms with Gasteiger partial charge in [-0.15, -0.1) is 0 Å². The van der Waals surface area contributed by atoms with Crippen LogP contribution in [0.3, 0.4) is 0 Å². The van der Waals surface area contributed by atoms with E-state index in [4.69, 9.17) is 0 Å². The molecular weight excluding hydrogens is 314 g/mol. The number of hydrogen-bond acceptors (Lipinski definition) is 4. The van der Waals surface area contributed by atoms with E-state index in [1.807, 2.05) is 6.92 Å². The lowest BCUT2D eigenvalue weighted by Gasteiger charge is -2.24. The van der Waals surface area contributed by atoms with E-state index in [0.29, 0.717) is 24.2 Å². The van der Waals surface area contributed by atoms with Crippen molar-refractivity contribution in [2.75, 3.05) is 18.0 Å². The van der Waals surface area contributed by atoms with Crippen molar-refractivity contribution in [1.29, 1.82) is 0 Å². The van der Waals surface area contributed by atoms with Gasteiger partial charge in [-0.25, -0.2) is 13.2 Å². The summed E-state index contributed by atoms with van der Waals surface area (Å²) in [5, 5.41) is 0. The molecule has 0 heterocycles. The Morgan fingerprint density at radius 2 is 1.65 bits per heavy atom. The van der Waals surface area contributed by atoms with Crippen molar-refractivity contribution in [2.24, 2.45) is 0 Å². The monoisotopic (exact) mass is 333 g/mol. The third-order valence-corrected chi connectivity index (χ3v) is 5.18. The normalized spacial score (nSPS) is 11.0. The van der Waals surface area contributed by atoms with Gasteiger partial charge in [-0.05, 0) is 42.8 Å². The lowest BCUT2D eigenvalue weighted by Crippen LogP contribution is -2.31. The molecule has 0 saturated carbocycles. The summed E-state index contributed by atoms with van der Waals surface area (Å²) >= 11 is 0. The Labute approximate surface area is 136 Å². The van der Waals surface area contributed by atoms with Crippen molar-refractivity contribution in [3.8, 4) is 0 Å². The van der Waals surface area contributed by atoms with Gasteiger partial charge in [-0.2, -0.15) is 0 Å². The van der Waals surface area contributed by atoms with Crippen LogP contribution in [0.15, 0.2) is 59.5 Å². The molecule has 23 heavy (non-hydrogen) atoms. The molecule has 0 aliphatic carbocycles. The molecule has 0 aliphatic rings. The molecule has 0 radical (unpaired) electrons. The van der Waals surface area contributed by atoms with Crippen molar-refractivity contribution in [3.05, 3.63) is 60.2 Å². The first-order valence-electron chi connectivity index (χ1n) is 7.27. The summed E-state index contributed by atoms with van der Waals surface area (Å²) in [7, 11) is -2.33. The standard InChI is InChI=1S/C17H19NO4S/c1-3-13-18(23(20,21)16-7-5-4-6-8-16)15-11-9-14(10-12-15)17(19)22-2/h4-12H,3,13H2,1-2H3. The average molecular weight is 333 g/mol. The Morgan fingerprint density at radius 1 is 1.04 bits per heavy atom. The maximum atomic E-state index is 12.8. The van der Waals surface area contributed by atoms with E-state index >= 15 is 0 Å². The summed E-state index contributed by atoms with van der Waals surface area (Å²) < 4.78 is 31.7. The minimum absolute atomic E-state index is 0.241. The van der Waals surface area contributed by atoms with Gasteiger partial charge >= 0.3 is 5.97 Å². The van der Waals surface area contributed by atoms with E-state index in [0.717, 1.165) is 0 Å². The summed E-state index contributed by atoms with van der Waals surface area (Å²) in [5.74, 6) is -0.454. The van der Waals surface area contributed by atoms with Gasteiger partial charge in [0, 0.05) is 6.54 Å². The molecular formula is C17H19NO4S. The molecule has 0 aliphatic heterocycles. The molecule has 6 heteroatoms. The van der Waals surface area contributed by atoms with Crippen molar-refractivity contribution in [1.82, 2.24) is 0 Å². The van der Waals surface area contributed by atoms with Gasteiger partial charge < -0.3 is 4.74 Å². The van der Waals surface area contributed by atoms with E-state index in [9.17, 15) is 13.2 Å². The number of hydrogen-bond donors (Lipinski definition) is 0. The number of nitrogens with zero attached hydrogens (tertiary/aromatic N) is 1. The first-order valence-corrected chi connectivity index (χ1v) is 8.71. The van der Waals surface area contributed by atoms with Gasteiger partial charge in [0.05, 0.1) is 23.3 Å². The van der Waals surface area contributed by atoms with Crippen LogP contribution in [0, 0.1) is 0 Å². The molecule has 2 aromatic carbocycles. The number of ether oxygens (including phenoxy) is 1. The van der Waals surface area contributed by atoms with Crippen molar-refractivity contribution in [3.63, 3.8) is 0 Å². The molecule has 2 rings (SSSR count).